The third-order valence-electron chi connectivity index (χ3n) is 4.43. The van der Waals surface area contributed by atoms with Gasteiger partial charge in [0.2, 0.25) is 5.91 Å². The predicted molar refractivity (Wildman–Crippen MR) is 88.1 cm³/mol. The van der Waals surface area contributed by atoms with Crippen LogP contribution in [-0.4, -0.2) is 10.9 Å². The van der Waals surface area contributed by atoms with Crippen molar-refractivity contribution in [3.63, 3.8) is 0 Å². The molecule has 0 aliphatic heterocycles. The average Bonchev–Trinajstić information content (AvgIpc) is 3.07. The Bertz CT molecular complexity index is 663. The molecule has 1 aromatic carbocycles. The van der Waals surface area contributed by atoms with Crippen molar-refractivity contribution in [2.75, 3.05) is 0 Å². The summed E-state index contributed by atoms with van der Waals surface area (Å²) >= 11 is 0. The first kappa shape index (κ1) is 15.7. The summed E-state index contributed by atoms with van der Waals surface area (Å²) in [5.41, 5.74) is 2.58. The van der Waals surface area contributed by atoms with Crippen LogP contribution in [0.4, 0.5) is 4.39 Å². The van der Waals surface area contributed by atoms with Crippen LogP contribution in [0.25, 0.3) is 11.3 Å². The molecular formula is C19H21FN2O. The number of hydrogen-bond donors (Lipinski definition) is 1. The molecule has 0 radical (unpaired) electrons. The van der Waals surface area contributed by atoms with E-state index in [1.54, 1.807) is 18.3 Å². The van der Waals surface area contributed by atoms with Gasteiger partial charge in [0.05, 0.1) is 5.69 Å². The van der Waals surface area contributed by atoms with Crippen LogP contribution < -0.4 is 5.32 Å². The summed E-state index contributed by atoms with van der Waals surface area (Å²) in [6.07, 6.45) is 7.15. The fraction of sp³-hybridized carbons (Fsp3) is 0.368. The van der Waals surface area contributed by atoms with Crippen molar-refractivity contribution in [2.45, 2.75) is 38.6 Å². The molecule has 4 heteroatoms. The molecule has 1 N–H and O–H groups in total. The number of hydrogen-bond acceptors (Lipinski definition) is 2. The minimum absolute atomic E-state index is 0.103. The fourth-order valence-corrected chi connectivity index (χ4v) is 3.19. The van der Waals surface area contributed by atoms with Crippen molar-refractivity contribution in [1.29, 1.82) is 0 Å². The van der Waals surface area contributed by atoms with Crippen LogP contribution in [0.15, 0.2) is 42.6 Å². The molecule has 1 fully saturated rings. The molecule has 1 amide bonds. The molecule has 23 heavy (non-hydrogen) atoms. The van der Waals surface area contributed by atoms with Gasteiger partial charge in [0.15, 0.2) is 0 Å². The Labute approximate surface area is 135 Å². The Hall–Kier alpha value is -2.23. The lowest BCUT2D eigenvalue weighted by atomic mass is 10.0. The molecule has 1 aliphatic rings. The second-order valence-corrected chi connectivity index (χ2v) is 6.15. The summed E-state index contributed by atoms with van der Waals surface area (Å²) in [7, 11) is 0. The van der Waals surface area contributed by atoms with Crippen molar-refractivity contribution in [3.05, 3.63) is 54.0 Å². The van der Waals surface area contributed by atoms with Crippen molar-refractivity contribution in [2.24, 2.45) is 5.92 Å². The van der Waals surface area contributed by atoms with E-state index in [1.165, 1.54) is 37.8 Å². The zero-order valence-corrected chi connectivity index (χ0v) is 13.1. The maximum Gasteiger partial charge on any atom is 0.220 e. The summed E-state index contributed by atoms with van der Waals surface area (Å²) in [5, 5.41) is 2.99. The maximum atomic E-state index is 13.1. The molecule has 2 aromatic rings. The van der Waals surface area contributed by atoms with E-state index in [9.17, 15) is 9.18 Å². The van der Waals surface area contributed by atoms with Gasteiger partial charge in [-0.05, 0) is 54.7 Å². The number of rotatable bonds is 5. The maximum absolute atomic E-state index is 13.1. The third kappa shape index (κ3) is 4.15. The van der Waals surface area contributed by atoms with Gasteiger partial charge in [-0.25, -0.2) is 4.39 Å². The van der Waals surface area contributed by atoms with Gasteiger partial charge in [-0.3, -0.25) is 9.78 Å². The van der Waals surface area contributed by atoms with Gasteiger partial charge in [0.1, 0.15) is 5.82 Å². The normalized spacial score (nSPS) is 14.8. The predicted octanol–water partition coefficient (Wildman–Crippen LogP) is 4.08. The number of pyridine rings is 1. The third-order valence-corrected chi connectivity index (χ3v) is 4.43. The van der Waals surface area contributed by atoms with E-state index in [0.29, 0.717) is 18.9 Å². The highest BCUT2D eigenvalue weighted by molar-refractivity contribution is 5.76. The molecular weight excluding hydrogens is 291 g/mol. The van der Waals surface area contributed by atoms with Crippen molar-refractivity contribution in [3.8, 4) is 11.3 Å². The highest BCUT2D eigenvalue weighted by Gasteiger charge is 2.18. The Morgan fingerprint density at radius 2 is 1.91 bits per heavy atom. The number of nitrogens with one attached hydrogen (secondary N) is 1. The molecule has 1 saturated carbocycles. The lowest BCUT2D eigenvalue weighted by molar-refractivity contribution is -0.122. The van der Waals surface area contributed by atoms with Gasteiger partial charge < -0.3 is 5.32 Å². The molecule has 0 unspecified atom stereocenters. The first-order valence-corrected chi connectivity index (χ1v) is 8.19. The number of halogens is 1. The summed E-state index contributed by atoms with van der Waals surface area (Å²) in [5.74, 6) is 0.377. The summed E-state index contributed by atoms with van der Waals surface area (Å²) in [6.45, 7) is 0.450. The summed E-state index contributed by atoms with van der Waals surface area (Å²) in [6, 6.07) is 10.1. The Kier molecular flexibility index (Phi) is 5.01. The number of amides is 1. The van der Waals surface area contributed by atoms with Crippen LogP contribution in [0.3, 0.4) is 0 Å². The monoisotopic (exact) mass is 312 g/mol. The van der Waals surface area contributed by atoms with Crippen LogP contribution >= 0.6 is 0 Å². The Morgan fingerprint density at radius 1 is 1.17 bits per heavy atom. The Balaban J connectivity index is 1.65. The largest absolute Gasteiger partial charge is 0.352 e. The van der Waals surface area contributed by atoms with E-state index in [-0.39, 0.29) is 11.7 Å². The van der Waals surface area contributed by atoms with Gasteiger partial charge in [-0.15, -0.1) is 0 Å². The first-order chi connectivity index (χ1) is 11.2. The minimum Gasteiger partial charge on any atom is -0.352 e. The molecule has 120 valence electrons. The minimum atomic E-state index is -0.268. The molecule has 0 spiro atoms. The van der Waals surface area contributed by atoms with E-state index in [4.69, 9.17) is 0 Å². The Morgan fingerprint density at radius 3 is 2.65 bits per heavy atom. The molecule has 3 rings (SSSR count). The van der Waals surface area contributed by atoms with E-state index >= 15 is 0 Å². The van der Waals surface area contributed by atoms with E-state index in [2.05, 4.69) is 10.3 Å². The number of benzene rings is 1. The van der Waals surface area contributed by atoms with Crippen molar-refractivity contribution >= 4 is 5.91 Å². The quantitative estimate of drug-likeness (QED) is 0.903. The number of aromatic nitrogens is 1. The van der Waals surface area contributed by atoms with Gasteiger partial charge >= 0.3 is 0 Å². The fourth-order valence-electron chi connectivity index (χ4n) is 3.19. The molecule has 0 atom stereocenters. The zero-order chi connectivity index (χ0) is 16.1. The smallest absolute Gasteiger partial charge is 0.220 e. The standard InChI is InChI=1S/C19H21FN2O/c20-17-9-7-15(8-10-17)19-16(6-3-11-21-19)13-22-18(23)12-14-4-1-2-5-14/h3,6-11,14H,1-2,4-5,12-13H2,(H,22,23). The molecule has 0 saturated heterocycles. The topological polar surface area (TPSA) is 42.0 Å². The van der Waals surface area contributed by atoms with Crippen LogP contribution in [0.1, 0.15) is 37.7 Å². The first-order valence-electron chi connectivity index (χ1n) is 8.19. The lowest BCUT2D eigenvalue weighted by Gasteiger charge is -2.12. The van der Waals surface area contributed by atoms with Crippen molar-refractivity contribution in [1.82, 2.24) is 10.3 Å². The second-order valence-electron chi connectivity index (χ2n) is 6.15. The highest BCUT2D eigenvalue weighted by Crippen LogP contribution is 2.27. The van der Waals surface area contributed by atoms with E-state index < -0.39 is 0 Å². The number of carbonyl (C=O) groups is 1. The molecule has 0 bridgehead atoms. The zero-order valence-electron chi connectivity index (χ0n) is 13.1. The number of carbonyl (C=O) groups excluding carboxylic acids is 1. The van der Waals surface area contributed by atoms with Crippen LogP contribution in [0, 0.1) is 11.7 Å². The summed E-state index contributed by atoms with van der Waals surface area (Å²) in [4.78, 5) is 16.5. The number of nitrogens with zero attached hydrogens (tertiary/aromatic N) is 1. The van der Waals surface area contributed by atoms with Crippen LogP contribution in [0.2, 0.25) is 0 Å². The molecule has 1 heterocycles. The lowest BCUT2D eigenvalue weighted by Crippen LogP contribution is -2.24. The van der Waals surface area contributed by atoms with Crippen LogP contribution in [-0.2, 0) is 11.3 Å². The van der Waals surface area contributed by atoms with Gasteiger partial charge in [0, 0.05) is 24.7 Å². The molecule has 3 nitrogen and oxygen atoms in total. The van der Waals surface area contributed by atoms with E-state index in [1.807, 2.05) is 12.1 Å². The molecule has 1 aromatic heterocycles. The van der Waals surface area contributed by atoms with E-state index in [0.717, 1.165) is 16.8 Å². The van der Waals surface area contributed by atoms with Crippen LogP contribution in [0.5, 0.6) is 0 Å². The summed E-state index contributed by atoms with van der Waals surface area (Å²) < 4.78 is 13.1. The molecule has 1 aliphatic carbocycles. The second kappa shape index (κ2) is 7.36. The SMILES string of the molecule is O=C(CC1CCCC1)NCc1cccnc1-c1ccc(F)cc1. The van der Waals surface area contributed by atoms with Gasteiger partial charge in [0.25, 0.3) is 0 Å². The van der Waals surface area contributed by atoms with Gasteiger partial charge in [-0.2, -0.15) is 0 Å². The highest BCUT2D eigenvalue weighted by atomic mass is 19.1. The average molecular weight is 312 g/mol. The van der Waals surface area contributed by atoms with Gasteiger partial charge in [-0.1, -0.05) is 18.9 Å². The van der Waals surface area contributed by atoms with Crippen molar-refractivity contribution < 1.29 is 9.18 Å².